The summed E-state index contributed by atoms with van der Waals surface area (Å²) in [6.07, 6.45) is 1.77. The number of fused-ring (bicyclic) bond motifs is 1. The summed E-state index contributed by atoms with van der Waals surface area (Å²) in [5.74, 6) is 0.808. The van der Waals surface area contributed by atoms with E-state index in [1.807, 2.05) is 25.1 Å². The van der Waals surface area contributed by atoms with Crippen molar-refractivity contribution in [2.45, 2.75) is 32.7 Å². The molecule has 2 heterocycles. The Morgan fingerprint density at radius 3 is 3.15 bits per heavy atom. The van der Waals surface area contributed by atoms with Crippen molar-refractivity contribution in [3.63, 3.8) is 0 Å². The number of anilines is 1. The van der Waals surface area contributed by atoms with Crippen LogP contribution >= 0.6 is 0 Å². The summed E-state index contributed by atoms with van der Waals surface area (Å²) in [7, 11) is 0. The smallest absolute Gasteiger partial charge is 0.227 e. The van der Waals surface area contributed by atoms with E-state index < -0.39 is 0 Å². The van der Waals surface area contributed by atoms with Gasteiger partial charge in [0.05, 0.1) is 0 Å². The largest absolute Gasteiger partial charge is 0.441 e. The molecule has 5 nitrogen and oxygen atoms in total. The maximum atomic E-state index is 12.3. The second-order valence-electron chi connectivity index (χ2n) is 5.48. The molecule has 106 valence electrons. The molecule has 2 atom stereocenters. The topological polar surface area (TPSA) is 67.2 Å². The van der Waals surface area contributed by atoms with Gasteiger partial charge in [0, 0.05) is 30.6 Å². The Balaban J connectivity index is 1.73. The van der Waals surface area contributed by atoms with Gasteiger partial charge in [0.2, 0.25) is 5.91 Å². The number of carbonyl (C=O) groups excluding carboxylic acids is 1. The van der Waals surface area contributed by atoms with Crippen molar-refractivity contribution < 1.29 is 9.21 Å². The van der Waals surface area contributed by atoms with Gasteiger partial charge in [-0.1, -0.05) is 0 Å². The molecule has 0 saturated carbocycles. The minimum Gasteiger partial charge on any atom is -0.441 e. The van der Waals surface area contributed by atoms with Gasteiger partial charge in [-0.15, -0.1) is 0 Å². The third-order valence-electron chi connectivity index (χ3n) is 3.76. The Morgan fingerprint density at radius 2 is 2.35 bits per heavy atom. The summed E-state index contributed by atoms with van der Waals surface area (Å²) in [5.41, 5.74) is 2.29. The number of rotatable bonds is 2. The van der Waals surface area contributed by atoms with Gasteiger partial charge >= 0.3 is 0 Å². The Labute approximate surface area is 117 Å². The van der Waals surface area contributed by atoms with Gasteiger partial charge < -0.3 is 15.1 Å². The standard InChI is InChI=1S/C15H19N3O2/c1-9-7-11(5-6-16-9)15(19)18-12-3-4-13-14(8-12)20-10(2)17-13/h3-4,8-9,11,16H,5-7H2,1-2H3,(H,18,19)/t9-,11-/m0/s1. The van der Waals surface area contributed by atoms with E-state index in [1.165, 1.54) is 0 Å². The number of amides is 1. The Morgan fingerprint density at radius 1 is 1.50 bits per heavy atom. The third kappa shape index (κ3) is 2.67. The average Bonchev–Trinajstić information content (AvgIpc) is 2.78. The van der Waals surface area contributed by atoms with Crippen LogP contribution in [0.3, 0.4) is 0 Å². The zero-order chi connectivity index (χ0) is 14.1. The van der Waals surface area contributed by atoms with E-state index in [9.17, 15) is 4.79 Å². The van der Waals surface area contributed by atoms with E-state index in [0.29, 0.717) is 17.5 Å². The molecule has 3 rings (SSSR count). The minimum absolute atomic E-state index is 0.0819. The molecule has 0 spiro atoms. The van der Waals surface area contributed by atoms with Crippen molar-refractivity contribution >= 4 is 22.7 Å². The molecule has 1 aliphatic rings. The number of benzene rings is 1. The van der Waals surface area contributed by atoms with Gasteiger partial charge in [-0.25, -0.2) is 4.98 Å². The number of nitrogens with one attached hydrogen (secondary N) is 2. The molecule has 2 N–H and O–H groups in total. The lowest BCUT2D eigenvalue weighted by Gasteiger charge is -2.27. The van der Waals surface area contributed by atoms with Crippen LogP contribution in [0.4, 0.5) is 5.69 Å². The zero-order valence-corrected chi connectivity index (χ0v) is 11.8. The summed E-state index contributed by atoms with van der Waals surface area (Å²) in [6, 6.07) is 5.97. The van der Waals surface area contributed by atoms with Crippen LogP contribution in [0.2, 0.25) is 0 Å². The second-order valence-corrected chi connectivity index (χ2v) is 5.48. The summed E-state index contributed by atoms with van der Waals surface area (Å²) in [5, 5.41) is 6.33. The number of nitrogens with zero attached hydrogens (tertiary/aromatic N) is 1. The number of aryl methyl sites for hydroxylation is 1. The fourth-order valence-corrected chi connectivity index (χ4v) is 2.73. The van der Waals surface area contributed by atoms with E-state index in [-0.39, 0.29) is 11.8 Å². The van der Waals surface area contributed by atoms with Gasteiger partial charge in [-0.05, 0) is 38.4 Å². The Kier molecular flexibility index (Phi) is 3.44. The minimum atomic E-state index is 0.0819. The molecule has 0 unspecified atom stereocenters. The molecule has 20 heavy (non-hydrogen) atoms. The van der Waals surface area contributed by atoms with Gasteiger partial charge in [0.25, 0.3) is 0 Å². The highest BCUT2D eigenvalue weighted by atomic mass is 16.3. The van der Waals surface area contributed by atoms with Crippen LogP contribution in [0.25, 0.3) is 11.1 Å². The highest BCUT2D eigenvalue weighted by Gasteiger charge is 2.24. The first-order chi connectivity index (χ1) is 9.61. The van der Waals surface area contributed by atoms with Crippen LogP contribution in [0, 0.1) is 12.8 Å². The van der Waals surface area contributed by atoms with Gasteiger partial charge in [-0.2, -0.15) is 0 Å². The predicted octanol–water partition coefficient (Wildman–Crippen LogP) is 2.46. The summed E-state index contributed by atoms with van der Waals surface area (Å²) < 4.78 is 5.48. The number of aromatic nitrogens is 1. The molecule has 1 aromatic heterocycles. The number of hydrogen-bond acceptors (Lipinski definition) is 4. The summed E-state index contributed by atoms with van der Waals surface area (Å²) in [6.45, 7) is 4.83. The van der Waals surface area contributed by atoms with E-state index >= 15 is 0 Å². The molecule has 1 amide bonds. The molecule has 2 aromatic rings. The van der Waals surface area contributed by atoms with Gasteiger partial charge in [0.1, 0.15) is 5.52 Å². The van der Waals surface area contributed by atoms with Crippen molar-refractivity contribution in [2.24, 2.45) is 5.92 Å². The first-order valence-corrected chi connectivity index (χ1v) is 7.03. The van der Waals surface area contributed by atoms with Gasteiger partial charge in [0.15, 0.2) is 11.5 Å². The molecule has 1 saturated heterocycles. The monoisotopic (exact) mass is 273 g/mol. The summed E-state index contributed by atoms with van der Waals surface area (Å²) in [4.78, 5) is 16.5. The van der Waals surface area contributed by atoms with Crippen LogP contribution in [0.5, 0.6) is 0 Å². The van der Waals surface area contributed by atoms with E-state index in [2.05, 4.69) is 22.5 Å². The normalized spacial score (nSPS) is 22.9. The third-order valence-corrected chi connectivity index (χ3v) is 3.76. The van der Waals surface area contributed by atoms with Gasteiger partial charge in [-0.3, -0.25) is 4.79 Å². The Bertz CT molecular complexity index is 635. The zero-order valence-electron chi connectivity index (χ0n) is 11.8. The van der Waals surface area contributed by atoms with Crippen molar-refractivity contribution in [1.82, 2.24) is 10.3 Å². The molecule has 1 fully saturated rings. The molecule has 1 aromatic carbocycles. The SMILES string of the molecule is Cc1nc2ccc(NC(=O)[C@H]3CCN[C@@H](C)C3)cc2o1. The highest BCUT2D eigenvalue weighted by Crippen LogP contribution is 2.22. The lowest BCUT2D eigenvalue weighted by Crippen LogP contribution is -2.40. The first kappa shape index (κ1) is 13.1. The number of carbonyl (C=O) groups is 1. The molecule has 0 radical (unpaired) electrons. The van der Waals surface area contributed by atoms with Crippen LogP contribution in [-0.4, -0.2) is 23.5 Å². The van der Waals surface area contributed by atoms with Crippen molar-refractivity contribution in [1.29, 1.82) is 0 Å². The lowest BCUT2D eigenvalue weighted by atomic mass is 9.92. The maximum absolute atomic E-state index is 12.3. The lowest BCUT2D eigenvalue weighted by molar-refractivity contribution is -0.120. The molecular weight excluding hydrogens is 254 g/mol. The maximum Gasteiger partial charge on any atom is 0.227 e. The molecular formula is C15H19N3O2. The molecule has 5 heteroatoms. The van der Waals surface area contributed by atoms with Crippen LogP contribution in [0.1, 0.15) is 25.7 Å². The quantitative estimate of drug-likeness (QED) is 0.882. The Hall–Kier alpha value is -1.88. The molecule has 1 aliphatic heterocycles. The van der Waals surface area contributed by atoms with Crippen molar-refractivity contribution in [3.8, 4) is 0 Å². The second kappa shape index (κ2) is 5.25. The van der Waals surface area contributed by atoms with Crippen LogP contribution in [0.15, 0.2) is 22.6 Å². The fraction of sp³-hybridized carbons (Fsp3) is 0.467. The summed E-state index contributed by atoms with van der Waals surface area (Å²) >= 11 is 0. The van der Waals surface area contributed by atoms with E-state index in [1.54, 1.807) is 0 Å². The molecule has 0 bridgehead atoms. The van der Waals surface area contributed by atoms with Crippen molar-refractivity contribution in [3.05, 3.63) is 24.1 Å². The highest BCUT2D eigenvalue weighted by molar-refractivity contribution is 5.94. The fourth-order valence-electron chi connectivity index (χ4n) is 2.73. The average molecular weight is 273 g/mol. The number of oxazole rings is 1. The van der Waals surface area contributed by atoms with E-state index in [0.717, 1.165) is 30.6 Å². The molecule has 0 aliphatic carbocycles. The first-order valence-electron chi connectivity index (χ1n) is 7.03. The number of piperidine rings is 1. The van der Waals surface area contributed by atoms with Crippen LogP contribution < -0.4 is 10.6 Å². The predicted molar refractivity (Wildman–Crippen MR) is 77.6 cm³/mol. The van der Waals surface area contributed by atoms with E-state index in [4.69, 9.17) is 4.42 Å². The van der Waals surface area contributed by atoms with Crippen molar-refractivity contribution in [2.75, 3.05) is 11.9 Å². The number of hydrogen-bond donors (Lipinski definition) is 2. The van der Waals surface area contributed by atoms with Crippen LogP contribution in [-0.2, 0) is 4.79 Å².